The zero-order valence-electron chi connectivity index (χ0n) is 17.1. The molecule has 0 aliphatic carbocycles. The number of halogens is 1. The minimum Gasteiger partial charge on any atom is -0.481 e. The molecule has 0 bridgehead atoms. The van der Waals surface area contributed by atoms with Gasteiger partial charge >= 0.3 is 0 Å². The van der Waals surface area contributed by atoms with E-state index in [-0.39, 0.29) is 11.7 Å². The van der Waals surface area contributed by atoms with Gasteiger partial charge in [0.1, 0.15) is 16.2 Å². The number of hydrazone groups is 1. The van der Waals surface area contributed by atoms with Crippen molar-refractivity contribution in [3.8, 4) is 5.88 Å². The summed E-state index contributed by atoms with van der Waals surface area (Å²) in [6.07, 6.45) is 1.64. The number of amides is 1. The molecule has 0 fully saturated rings. The SMILES string of the molecule is COc1ncccc1C1SC(c2ccc(F)cc2)=NN1C(=O)c1cccc2ccccc12. The van der Waals surface area contributed by atoms with Gasteiger partial charge in [0.05, 0.1) is 7.11 Å². The fraction of sp³-hybridized carbons (Fsp3) is 0.0800. The highest BCUT2D eigenvalue weighted by Gasteiger charge is 2.37. The van der Waals surface area contributed by atoms with Crippen molar-refractivity contribution in [2.45, 2.75) is 5.37 Å². The van der Waals surface area contributed by atoms with Crippen LogP contribution in [0.1, 0.15) is 26.9 Å². The van der Waals surface area contributed by atoms with Gasteiger partial charge in [-0.3, -0.25) is 4.79 Å². The maximum absolute atomic E-state index is 13.8. The van der Waals surface area contributed by atoms with Gasteiger partial charge in [-0.2, -0.15) is 5.10 Å². The first kappa shape index (κ1) is 20.2. The Kier molecular flexibility index (Phi) is 5.33. The summed E-state index contributed by atoms with van der Waals surface area (Å²) < 4.78 is 18.9. The van der Waals surface area contributed by atoms with Crippen molar-refractivity contribution < 1.29 is 13.9 Å². The lowest BCUT2D eigenvalue weighted by Crippen LogP contribution is -2.26. The normalized spacial score (nSPS) is 15.6. The summed E-state index contributed by atoms with van der Waals surface area (Å²) in [4.78, 5) is 18.1. The number of hydrogen-bond acceptors (Lipinski definition) is 5. The molecule has 32 heavy (non-hydrogen) atoms. The van der Waals surface area contributed by atoms with Crippen LogP contribution in [0.25, 0.3) is 10.8 Å². The van der Waals surface area contributed by atoms with Crippen LogP contribution in [-0.2, 0) is 0 Å². The van der Waals surface area contributed by atoms with Crippen LogP contribution in [0.3, 0.4) is 0 Å². The summed E-state index contributed by atoms with van der Waals surface area (Å²) in [6, 6.07) is 23.1. The molecule has 1 unspecified atom stereocenters. The fourth-order valence-corrected chi connectivity index (χ4v) is 4.86. The van der Waals surface area contributed by atoms with Gasteiger partial charge in [0.2, 0.25) is 5.88 Å². The molecular weight excluding hydrogens is 425 g/mol. The number of aromatic nitrogens is 1. The van der Waals surface area contributed by atoms with E-state index in [2.05, 4.69) is 10.1 Å². The van der Waals surface area contributed by atoms with Crippen LogP contribution < -0.4 is 4.74 Å². The maximum atomic E-state index is 13.8. The molecule has 0 N–H and O–H groups in total. The topological polar surface area (TPSA) is 54.8 Å². The van der Waals surface area contributed by atoms with Gasteiger partial charge in [0.15, 0.2) is 0 Å². The number of ether oxygens (including phenoxy) is 1. The Hall–Kier alpha value is -3.71. The lowest BCUT2D eigenvalue weighted by Gasteiger charge is -2.22. The number of nitrogens with zero attached hydrogens (tertiary/aromatic N) is 3. The van der Waals surface area contributed by atoms with Crippen molar-refractivity contribution in [1.29, 1.82) is 0 Å². The van der Waals surface area contributed by atoms with Crippen LogP contribution in [0.4, 0.5) is 4.39 Å². The van der Waals surface area contributed by atoms with Gasteiger partial charge in [-0.15, -0.1) is 0 Å². The molecule has 5 nitrogen and oxygen atoms in total. The number of rotatable bonds is 4. The highest BCUT2D eigenvalue weighted by atomic mass is 32.2. The molecule has 1 aliphatic rings. The molecule has 158 valence electrons. The van der Waals surface area contributed by atoms with Crippen LogP contribution in [0.15, 0.2) is 90.2 Å². The third kappa shape index (κ3) is 3.61. The van der Waals surface area contributed by atoms with Crippen molar-refractivity contribution in [3.05, 3.63) is 108 Å². The number of carbonyl (C=O) groups is 1. The summed E-state index contributed by atoms with van der Waals surface area (Å²) in [5.41, 5.74) is 2.02. The Morgan fingerprint density at radius 3 is 2.59 bits per heavy atom. The van der Waals surface area contributed by atoms with Gasteiger partial charge in [-0.1, -0.05) is 48.2 Å². The second kappa shape index (κ2) is 8.43. The summed E-state index contributed by atoms with van der Waals surface area (Å²) in [5, 5.41) is 8.09. The van der Waals surface area contributed by atoms with E-state index in [9.17, 15) is 9.18 Å². The van der Waals surface area contributed by atoms with E-state index < -0.39 is 5.37 Å². The van der Waals surface area contributed by atoms with Gasteiger partial charge in [0.25, 0.3) is 5.91 Å². The third-order valence-electron chi connectivity index (χ3n) is 5.22. The van der Waals surface area contributed by atoms with Gasteiger partial charge in [-0.25, -0.2) is 14.4 Å². The highest BCUT2D eigenvalue weighted by Crippen LogP contribution is 2.44. The first-order chi connectivity index (χ1) is 15.7. The molecule has 0 radical (unpaired) electrons. The lowest BCUT2D eigenvalue weighted by molar-refractivity contribution is 0.0749. The van der Waals surface area contributed by atoms with Crippen molar-refractivity contribution in [1.82, 2.24) is 9.99 Å². The second-order valence-electron chi connectivity index (χ2n) is 7.16. The van der Waals surface area contributed by atoms with Gasteiger partial charge in [-0.05, 0) is 53.2 Å². The third-order valence-corrected chi connectivity index (χ3v) is 6.44. The number of hydrogen-bond donors (Lipinski definition) is 0. The number of fused-ring (bicyclic) bond motifs is 1. The maximum Gasteiger partial charge on any atom is 0.276 e. The first-order valence-electron chi connectivity index (χ1n) is 9.97. The Morgan fingerprint density at radius 1 is 1.00 bits per heavy atom. The quantitative estimate of drug-likeness (QED) is 0.410. The minimum absolute atomic E-state index is 0.234. The fourth-order valence-electron chi connectivity index (χ4n) is 3.69. The molecule has 5 rings (SSSR count). The molecule has 2 heterocycles. The highest BCUT2D eigenvalue weighted by molar-refractivity contribution is 8.14. The zero-order valence-corrected chi connectivity index (χ0v) is 17.9. The summed E-state index contributed by atoms with van der Waals surface area (Å²) in [5.74, 6) is -0.134. The van der Waals surface area contributed by atoms with Crippen LogP contribution >= 0.6 is 11.8 Å². The van der Waals surface area contributed by atoms with Crippen LogP contribution in [0.5, 0.6) is 5.88 Å². The van der Waals surface area contributed by atoms with Crippen molar-refractivity contribution in [2.75, 3.05) is 7.11 Å². The molecule has 1 amide bonds. The number of methoxy groups -OCH3 is 1. The molecule has 1 atom stereocenters. The van der Waals surface area contributed by atoms with Crippen molar-refractivity contribution in [2.24, 2.45) is 5.10 Å². The summed E-state index contributed by atoms with van der Waals surface area (Å²) in [7, 11) is 1.55. The minimum atomic E-state index is -0.481. The molecule has 1 aliphatic heterocycles. The van der Waals surface area contributed by atoms with Crippen molar-refractivity contribution in [3.63, 3.8) is 0 Å². The van der Waals surface area contributed by atoms with E-state index in [1.165, 1.54) is 28.9 Å². The van der Waals surface area contributed by atoms with E-state index in [1.807, 2.05) is 42.5 Å². The first-order valence-corrected chi connectivity index (χ1v) is 10.8. The van der Waals surface area contributed by atoms with Gasteiger partial charge < -0.3 is 4.74 Å². The van der Waals surface area contributed by atoms with E-state index in [0.717, 1.165) is 21.9 Å². The molecule has 0 spiro atoms. The monoisotopic (exact) mass is 443 g/mol. The second-order valence-corrected chi connectivity index (χ2v) is 8.23. The summed E-state index contributed by atoms with van der Waals surface area (Å²) in [6.45, 7) is 0. The Morgan fingerprint density at radius 2 is 1.78 bits per heavy atom. The van der Waals surface area contributed by atoms with E-state index in [1.54, 1.807) is 37.6 Å². The average Bonchev–Trinajstić information content (AvgIpc) is 3.29. The molecule has 7 heteroatoms. The largest absolute Gasteiger partial charge is 0.481 e. The Balaban J connectivity index is 1.62. The molecule has 3 aromatic carbocycles. The summed E-state index contributed by atoms with van der Waals surface area (Å²) >= 11 is 1.40. The van der Waals surface area contributed by atoms with E-state index in [4.69, 9.17) is 4.74 Å². The Bertz CT molecular complexity index is 1340. The van der Waals surface area contributed by atoms with Crippen LogP contribution in [0.2, 0.25) is 0 Å². The number of thioether (sulfide) groups is 1. The molecule has 4 aromatic rings. The smallest absolute Gasteiger partial charge is 0.276 e. The van der Waals surface area contributed by atoms with E-state index in [0.29, 0.717) is 16.5 Å². The Labute approximate surface area is 188 Å². The molecule has 0 saturated carbocycles. The molecule has 0 saturated heterocycles. The molecule has 1 aromatic heterocycles. The standard InChI is InChI=1S/C25H18FN3O2S/c1-31-22-21(10-5-15-27-22)25-29(28-23(32-25)17-11-13-18(26)14-12-17)24(30)20-9-4-7-16-6-2-3-8-19(16)20/h2-15,25H,1H3. The predicted octanol–water partition coefficient (Wildman–Crippen LogP) is 5.63. The number of carbonyl (C=O) groups excluding carboxylic acids is 1. The predicted molar refractivity (Wildman–Crippen MR) is 124 cm³/mol. The van der Waals surface area contributed by atoms with Crippen molar-refractivity contribution >= 4 is 33.5 Å². The van der Waals surface area contributed by atoms with E-state index >= 15 is 0 Å². The average molecular weight is 444 g/mol. The zero-order chi connectivity index (χ0) is 22.1. The number of benzene rings is 3. The molecular formula is C25H18FN3O2S. The van der Waals surface area contributed by atoms with Crippen LogP contribution in [0, 0.1) is 5.82 Å². The lowest BCUT2D eigenvalue weighted by atomic mass is 10.0. The van der Waals surface area contributed by atoms with Crippen LogP contribution in [-0.4, -0.2) is 28.1 Å². The van der Waals surface area contributed by atoms with Gasteiger partial charge in [0, 0.05) is 22.9 Å². The number of pyridine rings is 1.